The summed E-state index contributed by atoms with van der Waals surface area (Å²) in [5, 5.41) is 3.25. The maximum absolute atomic E-state index is 13.0. The Kier molecular flexibility index (Phi) is 5.57. The third-order valence-corrected chi connectivity index (χ3v) is 8.25. The summed E-state index contributed by atoms with van der Waals surface area (Å²) in [5.41, 5.74) is 1.79. The molecule has 3 heterocycles. The molecule has 0 unspecified atom stereocenters. The molecule has 0 aromatic heterocycles. The number of piperidine rings is 3. The molecule has 30 heavy (non-hydrogen) atoms. The zero-order chi connectivity index (χ0) is 20.7. The molecule has 162 valence electrons. The first-order valence-corrected chi connectivity index (χ1v) is 12.0. The molecule has 1 aromatic rings. The molecule has 0 spiro atoms. The average molecular weight is 410 g/mol. The van der Waals surface area contributed by atoms with Gasteiger partial charge in [-0.05, 0) is 69.0 Å². The van der Waals surface area contributed by atoms with Gasteiger partial charge in [-0.2, -0.15) is 0 Å². The topological polar surface area (TPSA) is 52.7 Å². The van der Waals surface area contributed by atoms with E-state index in [0.29, 0.717) is 36.4 Å². The SMILES string of the molecule is Cc1ccccc1C(=O)NC[C@H]1[C@H]2C[C@H](CN(C(=O)C3CCC3)C2)[C@@H]2CCCCN21. The fourth-order valence-electron chi connectivity index (χ4n) is 6.40. The third-order valence-electron chi connectivity index (χ3n) is 8.25. The minimum Gasteiger partial charge on any atom is -0.350 e. The van der Waals surface area contributed by atoms with Crippen LogP contribution in [0.4, 0.5) is 0 Å². The van der Waals surface area contributed by atoms with Gasteiger partial charge in [0.2, 0.25) is 5.91 Å². The normalized spacial score (nSPS) is 31.6. The van der Waals surface area contributed by atoms with Gasteiger partial charge < -0.3 is 10.2 Å². The van der Waals surface area contributed by atoms with E-state index in [0.717, 1.165) is 43.6 Å². The van der Waals surface area contributed by atoms with Crippen LogP contribution in [0.15, 0.2) is 24.3 Å². The molecule has 2 amide bonds. The van der Waals surface area contributed by atoms with Crippen LogP contribution >= 0.6 is 0 Å². The Morgan fingerprint density at radius 1 is 1.03 bits per heavy atom. The van der Waals surface area contributed by atoms with Gasteiger partial charge in [-0.25, -0.2) is 0 Å². The molecular weight excluding hydrogens is 374 g/mol. The standard InChI is InChI=1S/C25H35N3O2/c1-17-7-2-3-10-21(17)24(29)26-14-23-20-13-19(22-11-4-5-12-28(22)23)15-27(16-20)25(30)18-8-6-9-18/h2-3,7,10,18-20,22-23H,4-6,8-9,11-16H2,1H3,(H,26,29)/t19-,20+,22+,23+/m1/s1. The Morgan fingerprint density at radius 2 is 1.83 bits per heavy atom. The van der Waals surface area contributed by atoms with Crippen molar-refractivity contribution in [3.05, 3.63) is 35.4 Å². The summed E-state index contributed by atoms with van der Waals surface area (Å²) in [5.74, 6) is 1.80. The first-order chi connectivity index (χ1) is 14.6. The lowest BCUT2D eigenvalue weighted by Crippen LogP contribution is -2.66. The van der Waals surface area contributed by atoms with E-state index >= 15 is 0 Å². The van der Waals surface area contributed by atoms with Crippen molar-refractivity contribution in [3.63, 3.8) is 0 Å². The van der Waals surface area contributed by atoms with Crippen molar-refractivity contribution in [3.8, 4) is 0 Å². The van der Waals surface area contributed by atoms with Crippen molar-refractivity contribution in [1.29, 1.82) is 0 Å². The van der Waals surface area contributed by atoms with E-state index < -0.39 is 0 Å². The summed E-state index contributed by atoms with van der Waals surface area (Å²) >= 11 is 0. The first-order valence-electron chi connectivity index (χ1n) is 12.0. The van der Waals surface area contributed by atoms with Gasteiger partial charge >= 0.3 is 0 Å². The molecule has 3 saturated heterocycles. The van der Waals surface area contributed by atoms with E-state index in [2.05, 4.69) is 15.1 Å². The Hall–Kier alpha value is -1.88. The number of fused-ring (bicyclic) bond motifs is 4. The van der Waals surface area contributed by atoms with E-state index in [-0.39, 0.29) is 11.8 Å². The van der Waals surface area contributed by atoms with Gasteiger partial charge in [0.15, 0.2) is 0 Å². The molecule has 1 saturated carbocycles. The van der Waals surface area contributed by atoms with Crippen molar-refractivity contribution >= 4 is 11.8 Å². The molecule has 4 aliphatic rings. The number of benzene rings is 1. The highest BCUT2D eigenvalue weighted by molar-refractivity contribution is 5.95. The summed E-state index contributed by atoms with van der Waals surface area (Å²) < 4.78 is 0. The maximum Gasteiger partial charge on any atom is 0.251 e. The van der Waals surface area contributed by atoms with Gasteiger partial charge in [0, 0.05) is 43.2 Å². The van der Waals surface area contributed by atoms with Crippen molar-refractivity contribution in [2.45, 2.75) is 64.0 Å². The van der Waals surface area contributed by atoms with Crippen LogP contribution in [0.5, 0.6) is 0 Å². The second kappa shape index (κ2) is 8.33. The van der Waals surface area contributed by atoms with Gasteiger partial charge in [-0.15, -0.1) is 0 Å². The Balaban J connectivity index is 1.31. The van der Waals surface area contributed by atoms with Crippen molar-refractivity contribution in [2.75, 3.05) is 26.2 Å². The predicted octanol–water partition coefficient (Wildman–Crippen LogP) is 3.23. The number of hydrogen-bond donors (Lipinski definition) is 1. The highest BCUT2D eigenvalue weighted by atomic mass is 16.2. The lowest BCUT2D eigenvalue weighted by Gasteiger charge is -2.57. The van der Waals surface area contributed by atoms with Crippen LogP contribution in [0.25, 0.3) is 0 Å². The molecule has 5 nitrogen and oxygen atoms in total. The summed E-state index contributed by atoms with van der Waals surface area (Å²) in [7, 11) is 0. The van der Waals surface area contributed by atoms with Crippen LogP contribution in [-0.4, -0.2) is 59.9 Å². The fourth-order valence-corrected chi connectivity index (χ4v) is 6.40. The van der Waals surface area contributed by atoms with Crippen LogP contribution in [0.2, 0.25) is 0 Å². The smallest absolute Gasteiger partial charge is 0.251 e. The second-order valence-electron chi connectivity index (χ2n) is 10.0. The molecule has 4 fully saturated rings. The molecule has 4 atom stereocenters. The predicted molar refractivity (Wildman–Crippen MR) is 117 cm³/mol. The van der Waals surface area contributed by atoms with Crippen LogP contribution in [-0.2, 0) is 4.79 Å². The van der Waals surface area contributed by atoms with E-state index in [1.807, 2.05) is 31.2 Å². The quantitative estimate of drug-likeness (QED) is 0.831. The molecule has 3 aliphatic heterocycles. The molecule has 1 N–H and O–H groups in total. The largest absolute Gasteiger partial charge is 0.350 e. The zero-order valence-corrected chi connectivity index (χ0v) is 18.2. The summed E-state index contributed by atoms with van der Waals surface area (Å²) in [6.07, 6.45) is 8.36. The summed E-state index contributed by atoms with van der Waals surface area (Å²) in [6.45, 7) is 5.65. The fraction of sp³-hybridized carbons (Fsp3) is 0.680. The van der Waals surface area contributed by atoms with Crippen LogP contribution in [0.3, 0.4) is 0 Å². The van der Waals surface area contributed by atoms with Gasteiger partial charge in [-0.3, -0.25) is 14.5 Å². The van der Waals surface area contributed by atoms with E-state index in [1.165, 1.54) is 32.1 Å². The Labute approximate surface area is 180 Å². The van der Waals surface area contributed by atoms with E-state index in [4.69, 9.17) is 0 Å². The molecule has 1 aromatic carbocycles. The zero-order valence-electron chi connectivity index (χ0n) is 18.2. The number of carbonyl (C=O) groups is 2. The van der Waals surface area contributed by atoms with Gasteiger partial charge in [0.05, 0.1) is 0 Å². The summed E-state index contributed by atoms with van der Waals surface area (Å²) in [4.78, 5) is 30.8. The van der Waals surface area contributed by atoms with Gasteiger partial charge in [-0.1, -0.05) is 31.0 Å². The molecule has 1 aliphatic carbocycles. The van der Waals surface area contributed by atoms with Crippen molar-refractivity contribution in [2.24, 2.45) is 17.8 Å². The molecule has 5 heteroatoms. The van der Waals surface area contributed by atoms with Gasteiger partial charge in [0.1, 0.15) is 0 Å². The minimum absolute atomic E-state index is 0.0296. The second-order valence-corrected chi connectivity index (χ2v) is 10.0. The van der Waals surface area contributed by atoms with Crippen molar-refractivity contribution < 1.29 is 9.59 Å². The lowest BCUT2D eigenvalue weighted by atomic mass is 9.71. The number of nitrogens with zero attached hydrogens (tertiary/aromatic N) is 2. The average Bonchev–Trinajstić information content (AvgIpc) is 2.72. The Morgan fingerprint density at radius 3 is 2.60 bits per heavy atom. The molecule has 5 rings (SSSR count). The number of amides is 2. The molecular formula is C25H35N3O2. The lowest BCUT2D eigenvalue weighted by molar-refractivity contribution is -0.147. The first kappa shape index (κ1) is 20.0. The van der Waals surface area contributed by atoms with Crippen LogP contribution in [0.1, 0.15) is 60.9 Å². The van der Waals surface area contributed by atoms with E-state index in [9.17, 15) is 9.59 Å². The highest BCUT2D eigenvalue weighted by Gasteiger charge is 2.48. The number of hydrogen-bond acceptors (Lipinski definition) is 3. The number of carbonyl (C=O) groups excluding carboxylic acids is 2. The Bertz CT molecular complexity index is 805. The maximum atomic E-state index is 13.0. The van der Waals surface area contributed by atoms with Crippen LogP contribution < -0.4 is 5.32 Å². The third kappa shape index (κ3) is 3.66. The number of aryl methyl sites for hydroxylation is 1. The van der Waals surface area contributed by atoms with E-state index in [1.54, 1.807) is 0 Å². The number of rotatable bonds is 4. The number of likely N-dealkylation sites (tertiary alicyclic amines) is 1. The van der Waals surface area contributed by atoms with Crippen molar-refractivity contribution in [1.82, 2.24) is 15.1 Å². The molecule has 2 bridgehead atoms. The highest BCUT2D eigenvalue weighted by Crippen LogP contribution is 2.42. The monoisotopic (exact) mass is 409 g/mol. The minimum atomic E-state index is 0.0296. The molecule has 0 radical (unpaired) electrons. The van der Waals surface area contributed by atoms with Gasteiger partial charge in [0.25, 0.3) is 5.91 Å². The van der Waals surface area contributed by atoms with Crippen LogP contribution in [0, 0.1) is 24.7 Å². The number of nitrogens with one attached hydrogen (secondary N) is 1. The summed E-state index contributed by atoms with van der Waals surface area (Å²) in [6, 6.07) is 8.72.